The topological polar surface area (TPSA) is 123 Å². The van der Waals surface area contributed by atoms with Crippen LogP contribution in [0.25, 0.3) is 0 Å². The maximum atomic E-state index is 12.9. The number of anilines is 1. The number of benzene rings is 3. The molecule has 0 aliphatic carbocycles. The van der Waals surface area contributed by atoms with Crippen molar-refractivity contribution in [1.29, 1.82) is 10.5 Å². The minimum Gasteiger partial charge on any atom is -0.337 e. The van der Waals surface area contributed by atoms with Gasteiger partial charge in [-0.25, -0.2) is 0 Å². The monoisotopic (exact) mass is 456 g/mol. The molecule has 0 saturated carbocycles. The van der Waals surface area contributed by atoms with Crippen LogP contribution in [0.15, 0.2) is 72.8 Å². The molecule has 3 aromatic rings. The van der Waals surface area contributed by atoms with Gasteiger partial charge in [-0.05, 0) is 59.1 Å². The van der Waals surface area contributed by atoms with Gasteiger partial charge >= 0.3 is 0 Å². The second kappa shape index (κ2) is 10.7. The third-order valence-electron chi connectivity index (χ3n) is 4.77. The first kappa shape index (κ1) is 23.2. The van der Waals surface area contributed by atoms with Crippen molar-refractivity contribution in [2.75, 3.05) is 5.32 Å². The molecule has 162 valence electrons. The van der Waals surface area contributed by atoms with E-state index in [-0.39, 0.29) is 23.6 Å². The van der Waals surface area contributed by atoms with Crippen LogP contribution in [0.5, 0.6) is 0 Å². The first-order valence-electron chi connectivity index (χ1n) is 9.79. The van der Waals surface area contributed by atoms with Gasteiger partial charge in [0.15, 0.2) is 0 Å². The molecule has 1 unspecified atom stereocenters. The lowest BCUT2D eigenvalue weighted by molar-refractivity contribution is -0.115. The number of rotatable bonds is 7. The van der Waals surface area contributed by atoms with E-state index in [9.17, 15) is 14.4 Å². The summed E-state index contributed by atoms with van der Waals surface area (Å²) in [5.41, 5.74) is 2.45. The van der Waals surface area contributed by atoms with E-state index in [4.69, 9.17) is 22.1 Å². The molecule has 7 nitrogen and oxygen atoms in total. The van der Waals surface area contributed by atoms with Crippen molar-refractivity contribution >= 4 is 34.3 Å². The molecular formula is C25H17ClN4O3. The Bertz CT molecular complexity index is 1270. The lowest BCUT2D eigenvalue weighted by Crippen LogP contribution is -2.32. The summed E-state index contributed by atoms with van der Waals surface area (Å²) < 4.78 is 0. The van der Waals surface area contributed by atoms with Gasteiger partial charge in [0.1, 0.15) is 6.04 Å². The molecule has 8 heteroatoms. The lowest BCUT2D eigenvalue weighted by Gasteiger charge is -2.17. The summed E-state index contributed by atoms with van der Waals surface area (Å²) in [4.78, 5) is 37.4. The van der Waals surface area contributed by atoms with E-state index in [2.05, 4.69) is 10.6 Å². The third kappa shape index (κ3) is 6.04. The average molecular weight is 457 g/mol. The normalized spacial score (nSPS) is 10.9. The molecule has 33 heavy (non-hydrogen) atoms. The summed E-state index contributed by atoms with van der Waals surface area (Å²) in [5.74, 6) is -0.954. The van der Waals surface area contributed by atoms with Crippen LogP contribution < -0.4 is 10.6 Å². The zero-order chi connectivity index (χ0) is 23.8. The number of carbonyl (C=O) groups is 3. The Morgan fingerprint density at radius 2 is 1.42 bits per heavy atom. The highest BCUT2D eigenvalue weighted by molar-refractivity contribution is 6.64. The number of para-hydroxylation sites is 1. The Kier molecular flexibility index (Phi) is 7.54. The van der Waals surface area contributed by atoms with Crippen molar-refractivity contribution in [3.8, 4) is 12.1 Å². The van der Waals surface area contributed by atoms with Crippen molar-refractivity contribution in [2.45, 2.75) is 12.5 Å². The fourth-order valence-electron chi connectivity index (χ4n) is 3.10. The number of halogens is 1. The first-order valence-corrected chi connectivity index (χ1v) is 10.2. The molecule has 2 N–H and O–H groups in total. The van der Waals surface area contributed by atoms with Gasteiger partial charge in [-0.15, -0.1) is 0 Å². The molecule has 0 bridgehead atoms. The Morgan fingerprint density at radius 1 is 0.848 bits per heavy atom. The lowest BCUT2D eigenvalue weighted by atomic mass is 10.0. The van der Waals surface area contributed by atoms with Crippen LogP contribution in [0.3, 0.4) is 0 Å². The number of carbonyl (C=O) groups excluding carboxylic acids is 3. The van der Waals surface area contributed by atoms with E-state index in [1.807, 2.05) is 12.1 Å². The van der Waals surface area contributed by atoms with Gasteiger partial charge in [-0.1, -0.05) is 36.4 Å². The van der Waals surface area contributed by atoms with Gasteiger partial charge in [0, 0.05) is 0 Å². The van der Waals surface area contributed by atoms with Crippen molar-refractivity contribution in [3.63, 3.8) is 0 Å². The zero-order valence-corrected chi connectivity index (χ0v) is 18.0. The first-order chi connectivity index (χ1) is 15.9. The van der Waals surface area contributed by atoms with Gasteiger partial charge in [0.2, 0.25) is 11.1 Å². The molecule has 0 fully saturated rings. The molecule has 2 amide bonds. The minimum atomic E-state index is -1.13. The van der Waals surface area contributed by atoms with Crippen LogP contribution in [-0.2, 0) is 16.0 Å². The predicted molar refractivity (Wildman–Crippen MR) is 122 cm³/mol. The van der Waals surface area contributed by atoms with Crippen LogP contribution in [0.1, 0.15) is 38.7 Å². The fourth-order valence-corrected chi connectivity index (χ4v) is 3.28. The number of nitriles is 2. The van der Waals surface area contributed by atoms with Gasteiger partial charge in [0.05, 0.1) is 40.9 Å². The highest BCUT2D eigenvalue weighted by Crippen LogP contribution is 2.21. The molecule has 0 heterocycles. The minimum absolute atomic E-state index is 0.0513. The van der Waals surface area contributed by atoms with Crippen LogP contribution >= 0.6 is 11.6 Å². The van der Waals surface area contributed by atoms with E-state index in [1.165, 1.54) is 30.3 Å². The summed E-state index contributed by atoms with van der Waals surface area (Å²) in [5, 5.41) is 22.3. The third-order valence-corrected chi connectivity index (χ3v) is 4.99. The Balaban J connectivity index is 1.75. The average Bonchev–Trinajstić information content (AvgIpc) is 2.83. The molecule has 1 atom stereocenters. The van der Waals surface area contributed by atoms with Gasteiger partial charge < -0.3 is 10.6 Å². The number of nitrogens with one attached hydrogen (secondary N) is 2. The SMILES string of the molecule is N#Cc1ccc(CC(=O)Nc2ccccc2C(=O)NC(C(=O)Cl)c2ccc(C#N)cc2)cc1. The van der Waals surface area contributed by atoms with Gasteiger partial charge in [-0.3, -0.25) is 14.4 Å². The van der Waals surface area contributed by atoms with Crippen LogP contribution in [0, 0.1) is 22.7 Å². The van der Waals surface area contributed by atoms with Gasteiger partial charge in [-0.2, -0.15) is 10.5 Å². The van der Waals surface area contributed by atoms with Gasteiger partial charge in [0.25, 0.3) is 5.91 Å². The summed E-state index contributed by atoms with van der Waals surface area (Å²) >= 11 is 5.71. The molecular weight excluding hydrogens is 440 g/mol. The number of nitrogens with zero attached hydrogens (tertiary/aromatic N) is 2. The summed E-state index contributed by atoms with van der Waals surface area (Å²) in [6, 6.07) is 22.0. The van der Waals surface area contributed by atoms with Crippen molar-refractivity contribution < 1.29 is 14.4 Å². The molecule has 0 aromatic heterocycles. The number of hydrogen-bond donors (Lipinski definition) is 2. The standard InChI is InChI=1S/C25H17ClN4O3/c26-24(32)23(19-11-9-18(15-28)10-12-19)30-25(33)20-3-1-2-4-21(20)29-22(31)13-16-5-7-17(14-27)8-6-16/h1-12,23H,13H2,(H,29,31)(H,30,33). The molecule has 3 aromatic carbocycles. The summed E-state index contributed by atoms with van der Waals surface area (Å²) in [7, 11) is 0. The van der Waals surface area contributed by atoms with Crippen molar-refractivity contribution in [3.05, 3.63) is 101 Å². The van der Waals surface area contributed by atoms with Crippen LogP contribution in [0.2, 0.25) is 0 Å². The van der Waals surface area contributed by atoms with E-state index >= 15 is 0 Å². The largest absolute Gasteiger partial charge is 0.337 e. The fraction of sp³-hybridized carbons (Fsp3) is 0.0800. The highest BCUT2D eigenvalue weighted by atomic mass is 35.5. The number of hydrogen-bond acceptors (Lipinski definition) is 5. The van der Waals surface area contributed by atoms with Crippen molar-refractivity contribution in [2.24, 2.45) is 0 Å². The van der Waals surface area contributed by atoms with E-state index in [1.54, 1.807) is 42.5 Å². The predicted octanol–water partition coefficient (Wildman–Crippen LogP) is 3.85. The Labute approximate surface area is 195 Å². The molecule has 3 rings (SSSR count). The highest BCUT2D eigenvalue weighted by Gasteiger charge is 2.23. The quantitative estimate of drug-likeness (QED) is 0.523. The van der Waals surface area contributed by atoms with E-state index < -0.39 is 17.2 Å². The van der Waals surface area contributed by atoms with Crippen LogP contribution in [0.4, 0.5) is 5.69 Å². The molecule has 0 saturated heterocycles. The van der Waals surface area contributed by atoms with Crippen molar-refractivity contribution in [1.82, 2.24) is 5.32 Å². The van der Waals surface area contributed by atoms with E-state index in [0.29, 0.717) is 22.3 Å². The molecule has 0 radical (unpaired) electrons. The van der Waals surface area contributed by atoms with E-state index in [0.717, 1.165) is 0 Å². The second-order valence-electron chi connectivity index (χ2n) is 7.02. The maximum Gasteiger partial charge on any atom is 0.254 e. The summed E-state index contributed by atoms with van der Waals surface area (Å²) in [6.45, 7) is 0. The smallest absolute Gasteiger partial charge is 0.254 e. The Hall–Kier alpha value is -4.46. The number of amides is 2. The molecule has 0 spiro atoms. The second-order valence-corrected chi connectivity index (χ2v) is 7.40. The maximum absolute atomic E-state index is 12.9. The van der Waals surface area contributed by atoms with Crippen LogP contribution in [-0.4, -0.2) is 17.1 Å². The molecule has 0 aliphatic rings. The zero-order valence-electron chi connectivity index (χ0n) is 17.2. The molecule has 0 aliphatic heterocycles. The Morgan fingerprint density at radius 3 is 2.00 bits per heavy atom. The summed E-state index contributed by atoms with van der Waals surface area (Å²) in [6.07, 6.45) is 0.0513.